The zero-order valence-corrected chi connectivity index (χ0v) is 13.9. The van der Waals surface area contributed by atoms with Crippen LogP contribution in [0, 0.1) is 0 Å². The van der Waals surface area contributed by atoms with Gasteiger partial charge in [-0.25, -0.2) is 4.79 Å². The molecule has 1 amide bonds. The lowest BCUT2D eigenvalue weighted by Gasteiger charge is -2.29. The van der Waals surface area contributed by atoms with Gasteiger partial charge in [-0.3, -0.25) is 0 Å². The highest BCUT2D eigenvalue weighted by Gasteiger charge is 2.32. The van der Waals surface area contributed by atoms with E-state index in [1.54, 1.807) is 14.2 Å². The largest absolute Gasteiger partial charge is 0.493 e. The number of nitrogens with one attached hydrogen (secondary N) is 1. The van der Waals surface area contributed by atoms with E-state index >= 15 is 0 Å². The zero-order chi connectivity index (χ0) is 17.4. The summed E-state index contributed by atoms with van der Waals surface area (Å²) in [6.45, 7) is 0. The first-order valence-corrected chi connectivity index (χ1v) is 7.94. The van der Waals surface area contributed by atoms with Gasteiger partial charge in [-0.05, 0) is 22.9 Å². The molecule has 0 aliphatic carbocycles. The number of benzene rings is 3. The Morgan fingerprint density at radius 2 is 1.80 bits per heavy atom. The van der Waals surface area contributed by atoms with Crippen molar-refractivity contribution >= 4 is 16.9 Å². The first-order valence-electron chi connectivity index (χ1n) is 7.94. The van der Waals surface area contributed by atoms with E-state index in [-0.39, 0.29) is 0 Å². The Hall–Kier alpha value is -3.21. The third kappa shape index (κ3) is 2.45. The van der Waals surface area contributed by atoms with Crippen LogP contribution in [0.4, 0.5) is 4.79 Å². The average molecular weight is 335 g/mol. The minimum Gasteiger partial charge on any atom is -0.493 e. The summed E-state index contributed by atoms with van der Waals surface area (Å²) in [6.07, 6.45) is -0.488. The number of amides is 1. The van der Waals surface area contributed by atoms with Crippen LogP contribution >= 0.6 is 0 Å². The highest BCUT2D eigenvalue weighted by molar-refractivity contribution is 5.91. The van der Waals surface area contributed by atoms with Gasteiger partial charge in [-0.15, -0.1) is 0 Å². The van der Waals surface area contributed by atoms with Gasteiger partial charge >= 0.3 is 6.09 Å². The number of carbonyl (C=O) groups is 1. The van der Waals surface area contributed by atoms with Crippen LogP contribution in [-0.2, 0) is 0 Å². The number of methoxy groups -OCH3 is 2. The maximum absolute atomic E-state index is 12.1. The van der Waals surface area contributed by atoms with Crippen molar-refractivity contribution in [1.82, 2.24) is 5.32 Å². The predicted octanol–water partition coefficient (Wildman–Crippen LogP) is 4.05. The van der Waals surface area contributed by atoms with Gasteiger partial charge in [0.25, 0.3) is 0 Å². The van der Waals surface area contributed by atoms with Gasteiger partial charge in [0, 0.05) is 11.1 Å². The summed E-state index contributed by atoms with van der Waals surface area (Å²) < 4.78 is 16.4. The van der Waals surface area contributed by atoms with E-state index in [2.05, 4.69) is 5.32 Å². The summed E-state index contributed by atoms with van der Waals surface area (Å²) in [4.78, 5) is 12.1. The van der Waals surface area contributed by atoms with E-state index in [1.807, 2.05) is 54.6 Å². The second-order valence-electron chi connectivity index (χ2n) is 5.75. The fourth-order valence-corrected chi connectivity index (χ4v) is 3.35. The van der Waals surface area contributed by atoms with Crippen molar-refractivity contribution < 1.29 is 19.0 Å². The van der Waals surface area contributed by atoms with Crippen molar-refractivity contribution in [3.63, 3.8) is 0 Å². The minimum atomic E-state index is -0.488. The van der Waals surface area contributed by atoms with E-state index in [1.165, 1.54) is 0 Å². The number of para-hydroxylation sites is 1. The Balaban J connectivity index is 1.99. The monoisotopic (exact) mass is 335 g/mol. The zero-order valence-electron chi connectivity index (χ0n) is 13.9. The molecule has 1 N–H and O–H groups in total. The summed E-state index contributed by atoms with van der Waals surface area (Å²) in [5, 5.41) is 5.01. The normalized spacial score (nSPS) is 15.9. The van der Waals surface area contributed by atoms with Gasteiger partial charge in [0.1, 0.15) is 5.75 Å². The van der Waals surface area contributed by atoms with Crippen LogP contribution in [0.3, 0.4) is 0 Å². The maximum Gasteiger partial charge on any atom is 0.413 e. The lowest BCUT2D eigenvalue weighted by atomic mass is 9.91. The first kappa shape index (κ1) is 15.3. The molecular formula is C20H17NO4. The van der Waals surface area contributed by atoms with Gasteiger partial charge in [0.2, 0.25) is 0 Å². The lowest BCUT2D eigenvalue weighted by molar-refractivity contribution is 0.191. The molecule has 3 aromatic rings. The van der Waals surface area contributed by atoms with Crippen LogP contribution in [0.15, 0.2) is 54.6 Å². The number of hydrogen-bond acceptors (Lipinski definition) is 4. The van der Waals surface area contributed by atoms with Crippen LogP contribution in [-0.4, -0.2) is 20.3 Å². The topological polar surface area (TPSA) is 56.8 Å². The van der Waals surface area contributed by atoms with Crippen molar-refractivity contribution in [2.24, 2.45) is 0 Å². The summed E-state index contributed by atoms with van der Waals surface area (Å²) in [5.41, 5.74) is 1.72. The van der Waals surface area contributed by atoms with Gasteiger partial charge in [0.15, 0.2) is 11.5 Å². The molecule has 3 aromatic carbocycles. The molecule has 126 valence electrons. The fourth-order valence-electron chi connectivity index (χ4n) is 3.35. The van der Waals surface area contributed by atoms with Crippen molar-refractivity contribution in [2.75, 3.05) is 14.2 Å². The highest BCUT2D eigenvalue weighted by Crippen LogP contribution is 2.43. The smallest absolute Gasteiger partial charge is 0.413 e. The molecule has 25 heavy (non-hydrogen) atoms. The molecule has 0 saturated carbocycles. The second kappa shape index (κ2) is 6.02. The average Bonchev–Trinajstić information content (AvgIpc) is 2.66. The quantitative estimate of drug-likeness (QED) is 0.784. The molecule has 5 nitrogen and oxygen atoms in total. The molecule has 0 saturated heterocycles. The van der Waals surface area contributed by atoms with Crippen molar-refractivity contribution in [2.45, 2.75) is 6.04 Å². The van der Waals surface area contributed by atoms with E-state index in [0.29, 0.717) is 17.2 Å². The van der Waals surface area contributed by atoms with Crippen LogP contribution in [0.5, 0.6) is 17.2 Å². The lowest BCUT2D eigenvalue weighted by Crippen LogP contribution is -2.36. The third-order valence-corrected chi connectivity index (χ3v) is 4.43. The second-order valence-corrected chi connectivity index (χ2v) is 5.75. The molecule has 0 radical (unpaired) electrons. The van der Waals surface area contributed by atoms with Crippen molar-refractivity contribution in [3.05, 3.63) is 65.7 Å². The predicted molar refractivity (Wildman–Crippen MR) is 94.5 cm³/mol. The first-order chi connectivity index (χ1) is 12.2. The molecule has 0 fully saturated rings. The highest BCUT2D eigenvalue weighted by atomic mass is 16.6. The SMILES string of the molecule is COc1cccc(C2NC(=O)Oc3ccc4ccccc4c32)c1OC. The Morgan fingerprint density at radius 3 is 2.60 bits per heavy atom. The third-order valence-electron chi connectivity index (χ3n) is 4.43. The molecule has 0 bridgehead atoms. The molecular weight excluding hydrogens is 318 g/mol. The standard InChI is InChI=1S/C20H17NO4/c1-23-16-9-5-8-14(19(16)24-2)18-17-13-7-4-3-6-12(13)10-11-15(17)25-20(22)21-18/h3-11,18H,1-2H3,(H,21,22). The number of hydrogen-bond donors (Lipinski definition) is 1. The Morgan fingerprint density at radius 1 is 0.960 bits per heavy atom. The van der Waals surface area contributed by atoms with E-state index in [0.717, 1.165) is 21.9 Å². The summed E-state index contributed by atoms with van der Waals surface area (Å²) in [7, 11) is 3.18. The maximum atomic E-state index is 12.1. The van der Waals surface area contributed by atoms with E-state index in [9.17, 15) is 4.79 Å². The van der Waals surface area contributed by atoms with Crippen LogP contribution < -0.4 is 19.5 Å². The van der Waals surface area contributed by atoms with Crippen LogP contribution in [0.1, 0.15) is 17.2 Å². The fraction of sp³-hybridized carbons (Fsp3) is 0.150. The molecule has 1 atom stereocenters. The number of carbonyl (C=O) groups excluding carboxylic acids is 1. The van der Waals surface area contributed by atoms with E-state index in [4.69, 9.17) is 14.2 Å². The molecule has 1 aliphatic rings. The van der Waals surface area contributed by atoms with Crippen LogP contribution in [0.2, 0.25) is 0 Å². The summed E-state index contributed by atoms with van der Waals surface area (Å²) in [5.74, 6) is 1.76. The molecule has 5 heteroatoms. The molecule has 4 rings (SSSR count). The number of rotatable bonds is 3. The van der Waals surface area contributed by atoms with Gasteiger partial charge in [-0.1, -0.05) is 42.5 Å². The van der Waals surface area contributed by atoms with Crippen molar-refractivity contribution in [3.8, 4) is 17.2 Å². The number of ether oxygens (including phenoxy) is 3. The van der Waals surface area contributed by atoms with E-state index < -0.39 is 12.1 Å². The van der Waals surface area contributed by atoms with Gasteiger partial charge < -0.3 is 19.5 Å². The Kier molecular flexibility index (Phi) is 3.69. The molecule has 0 aromatic heterocycles. The summed E-state index contributed by atoms with van der Waals surface area (Å²) >= 11 is 0. The van der Waals surface area contributed by atoms with Crippen molar-refractivity contribution in [1.29, 1.82) is 0 Å². The molecule has 0 spiro atoms. The molecule has 1 aliphatic heterocycles. The van der Waals surface area contributed by atoms with Gasteiger partial charge in [-0.2, -0.15) is 0 Å². The number of fused-ring (bicyclic) bond motifs is 3. The molecule has 1 heterocycles. The summed E-state index contributed by atoms with van der Waals surface area (Å²) in [6, 6.07) is 17.0. The van der Waals surface area contributed by atoms with Gasteiger partial charge in [0.05, 0.1) is 20.3 Å². The molecule has 1 unspecified atom stereocenters. The minimum absolute atomic E-state index is 0.396. The van der Waals surface area contributed by atoms with Crippen LogP contribution in [0.25, 0.3) is 10.8 Å². The Labute approximate surface area is 145 Å². The Bertz CT molecular complexity index is 967.